The fourth-order valence-corrected chi connectivity index (χ4v) is 4.57. The van der Waals surface area contributed by atoms with Crippen LogP contribution in [0.15, 0.2) is 0 Å². The van der Waals surface area contributed by atoms with Gasteiger partial charge in [-0.05, 0) is 6.54 Å². The summed E-state index contributed by atoms with van der Waals surface area (Å²) in [5.74, 6) is 0.409. The Morgan fingerprint density at radius 3 is 2.25 bits per heavy atom. The fourth-order valence-electron chi connectivity index (χ4n) is 2.64. The van der Waals surface area contributed by atoms with Crippen molar-refractivity contribution in [3.8, 4) is 0 Å². The standard InChI is InChI=1S/C10H21N3O2S/c1-2-12-3-5-13(6-4-12)10-8-16(14,15)7-9(10)11/h9-10H,2-8,11H2,1H3. The van der Waals surface area contributed by atoms with Gasteiger partial charge in [0.2, 0.25) is 0 Å². The zero-order valence-electron chi connectivity index (χ0n) is 9.80. The Hall–Kier alpha value is -0.170. The summed E-state index contributed by atoms with van der Waals surface area (Å²) < 4.78 is 23.0. The first-order valence-corrected chi connectivity index (χ1v) is 7.76. The van der Waals surface area contributed by atoms with E-state index in [-0.39, 0.29) is 23.6 Å². The van der Waals surface area contributed by atoms with Crippen molar-refractivity contribution in [1.29, 1.82) is 0 Å². The molecule has 16 heavy (non-hydrogen) atoms. The average Bonchev–Trinajstić information content (AvgIpc) is 2.52. The molecule has 2 N–H and O–H groups in total. The first-order valence-electron chi connectivity index (χ1n) is 5.94. The Bertz CT molecular complexity index is 336. The highest BCUT2D eigenvalue weighted by atomic mass is 32.2. The fraction of sp³-hybridized carbons (Fsp3) is 1.00. The molecule has 0 aromatic heterocycles. The molecule has 5 nitrogen and oxygen atoms in total. The third-order valence-corrected chi connectivity index (χ3v) is 5.43. The van der Waals surface area contributed by atoms with Crippen molar-refractivity contribution in [1.82, 2.24) is 9.80 Å². The summed E-state index contributed by atoms with van der Waals surface area (Å²) in [6, 6.07) is -0.151. The molecule has 2 aliphatic rings. The average molecular weight is 247 g/mol. The molecule has 0 saturated carbocycles. The van der Waals surface area contributed by atoms with E-state index >= 15 is 0 Å². The van der Waals surface area contributed by atoms with Gasteiger partial charge in [-0.15, -0.1) is 0 Å². The number of nitrogens with two attached hydrogens (primary N) is 1. The number of sulfone groups is 1. The van der Waals surface area contributed by atoms with Crippen LogP contribution in [0.25, 0.3) is 0 Å². The summed E-state index contributed by atoms with van der Waals surface area (Å²) in [4.78, 5) is 4.63. The molecule has 2 unspecified atom stereocenters. The van der Waals surface area contributed by atoms with Gasteiger partial charge in [0, 0.05) is 38.3 Å². The van der Waals surface area contributed by atoms with Gasteiger partial charge in [0.05, 0.1) is 11.5 Å². The molecule has 0 aromatic rings. The normalized spacial score (nSPS) is 36.6. The molecule has 0 radical (unpaired) electrons. The van der Waals surface area contributed by atoms with Gasteiger partial charge in [-0.25, -0.2) is 8.42 Å². The smallest absolute Gasteiger partial charge is 0.153 e. The lowest BCUT2D eigenvalue weighted by atomic mass is 10.1. The Labute approximate surface area is 97.5 Å². The lowest BCUT2D eigenvalue weighted by Crippen LogP contribution is -2.55. The van der Waals surface area contributed by atoms with Crippen molar-refractivity contribution in [3.05, 3.63) is 0 Å². The maximum Gasteiger partial charge on any atom is 0.153 e. The first kappa shape index (κ1) is 12.3. The number of rotatable bonds is 2. The van der Waals surface area contributed by atoms with Gasteiger partial charge >= 0.3 is 0 Å². The van der Waals surface area contributed by atoms with Gasteiger partial charge in [-0.1, -0.05) is 6.92 Å². The maximum atomic E-state index is 11.5. The zero-order valence-corrected chi connectivity index (χ0v) is 10.6. The Morgan fingerprint density at radius 1 is 1.19 bits per heavy atom. The first-order chi connectivity index (χ1) is 7.52. The molecule has 2 saturated heterocycles. The number of piperazine rings is 1. The van der Waals surface area contributed by atoms with Crippen molar-refractivity contribution in [3.63, 3.8) is 0 Å². The van der Waals surface area contributed by atoms with Gasteiger partial charge < -0.3 is 10.6 Å². The van der Waals surface area contributed by atoms with Crippen LogP contribution in [0.1, 0.15) is 6.92 Å². The molecule has 2 fully saturated rings. The number of hydrogen-bond acceptors (Lipinski definition) is 5. The molecule has 2 atom stereocenters. The van der Waals surface area contributed by atoms with Crippen molar-refractivity contribution in [2.24, 2.45) is 5.73 Å². The van der Waals surface area contributed by atoms with E-state index in [9.17, 15) is 8.42 Å². The van der Waals surface area contributed by atoms with Crippen LogP contribution in [0.3, 0.4) is 0 Å². The molecule has 0 bridgehead atoms. The molecule has 2 rings (SSSR count). The quantitative estimate of drug-likeness (QED) is 0.660. The minimum Gasteiger partial charge on any atom is -0.325 e. The van der Waals surface area contributed by atoms with Crippen molar-refractivity contribution < 1.29 is 8.42 Å². The Morgan fingerprint density at radius 2 is 1.81 bits per heavy atom. The van der Waals surface area contributed by atoms with Crippen molar-refractivity contribution in [2.45, 2.75) is 19.0 Å². The SMILES string of the molecule is CCN1CCN(C2CS(=O)(=O)CC2N)CC1. The van der Waals surface area contributed by atoms with Gasteiger partial charge in [-0.2, -0.15) is 0 Å². The van der Waals surface area contributed by atoms with Crippen LogP contribution >= 0.6 is 0 Å². The summed E-state index contributed by atoms with van der Waals surface area (Å²) in [7, 11) is -2.89. The highest BCUT2D eigenvalue weighted by Crippen LogP contribution is 2.18. The van der Waals surface area contributed by atoms with Crippen molar-refractivity contribution in [2.75, 3.05) is 44.2 Å². The zero-order chi connectivity index (χ0) is 11.8. The minimum atomic E-state index is -2.89. The summed E-state index contributed by atoms with van der Waals surface area (Å²) in [6.07, 6.45) is 0. The van der Waals surface area contributed by atoms with Crippen LogP contribution < -0.4 is 5.73 Å². The summed E-state index contributed by atoms with van der Waals surface area (Å²) in [6.45, 7) is 7.17. The topological polar surface area (TPSA) is 66.6 Å². The van der Waals surface area contributed by atoms with Crippen molar-refractivity contribution >= 4 is 9.84 Å². The molecule has 0 aromatic carbocycles. The molecule has 0 aliphatic carbocycles. The monoisotopic (exact) mass is 247 g/mol. The molecule has 0 amide bonds. The predicted octanol–water partition coefficient (Wildman–Crippen LogP) is -1.25. The Balaban J connectivity index is 1.95. The van der Waals surface area contributed by atoms with Crippen LogP contribution in [-0.2, 0) is 9.84 Å². The largest absolute Gasteiger partial charge is 0.325 e. The summed E-state index contributed by atoms with van der Waals surface area (Å²) in [5.41, 5.74) is 5.92. The molecule has 2 heterocycles. The van der Waals surface area contributed by atoms with E-state index in [1.165, 1.54) is 0 Å². The second-order valence-electron chi connectivity index (χ2n) is 4.78. The number of nitrogens with zero attached hydrogens (tertiary/aromatic N) is 2. The Kier molecular flexibility index (Phi) is 3.53. The highest BCUT2D eigenvalue weighted by Gasteiger charge is 2.39. The summed E-state index contributed by atoms with van der Waals surface area (Å²) >= 11 is 0. The number of hydrogen-bond donors (Lipinski definition) is 1. The lowest BCUT2D eigenvalue weighted by Gasteiger charge is -2.38. The van der Waals surface area contributed by atoms with E-state index in [0.717, 1.165) is 32.7 Å². The maximum absolute atomic E-state index is 11.5. The molecule has 2 aliphatic heterocycles. The van der Waals surface area contributed by atoms with Gasteiger partial charge in [0.25, 0.3) is 0 Å². The lowest BCUT2D eigenvalue weighted by molar-refractivity contribution is 0.102. The second-order valence-corrected chi connectivity index (χ2v) is 6.93. The van der Waals surface area contributed by atoms with Crippen LogP contribution in [0.5, 0.6) is 0 Å². The van der Waals surface area contributed by atoms with E-state index in [1.807, 2.05) is 0 Å². The third-order valence-electron chi connectivity index (χ3n) is 3.69. The molecular formula is C10H21N3O2S. The van der Waals surface area contributed by atoms with Crippen LogP contribution in [0.4, 0.5) is 0 Å². The van der Waals surface area contributed by atoms with Crippen LogP contribution in [0.2, 0.25) is 0 Å². The molecule has 94 valence electrons. The van der Waals surface area contributed by atoms with Gasteiger partial charge in [-0.3, -0.25) is 4.90 Å². The molecular weight excluding hydrogens is 226 g/mol. The van der Waals surface area contributed by atoms with E-state index < -0.39 is 9.84 Å². The van der Waals surface area contributed by atoms with E-state index in [0.29, 0.717) is 0 Å². The highest BCUT2D eigenvalue weighted by molar-refractivity contribution is 7.91. The van der Waals surface area contributed by atoms with Crippen LogP contribution in [0, 0.1) is 0 Å². The van der Waals surface area contributed by atoms with E-state index in [1.54, 1.807) is 0 Å². The second kappa shape index (κ2) is 4.60. The minimum absolute atomic E-state index is 0.0454. The molecule has 0 spiro atoms. The van der Waals surface area contributed by atoms with Gasteiger partial charge in [0.15, 0.2) is 9.84 Å². The molecule has 6 heteroatoms. The van der Waals surface area contributed by atoms with E-state index in [2.05, 4.69) is 16.7 Å². The van der Waals surface area contributed by atoms with Crippen LogP contribution in [-0.4, -0.2) is 74.5 Å². The van der Waals surface area contributed by atoms with Gasteiger partial charge in [0.1, 0.15) is 0 Å². The number of likely N-dealkylation sites (N-methyl/N-ethyl adjacent to an activating group) is 1. The van der Waals surface area contributed by atoms with E-state index in [4.69, 9.17) is 5.73 Å². The summed E-state index contributed by atoms with van der Waals surface area (Å²) in [5, 5.41) is 0. The third kappa shape index (κ3) is 2.56. The predicted molar refractivity (Wildman–Crippen MR) is 64.1 cm³/mol.